The Labute approximate surface area is 109 Å². The van der Waals surface area contributed by atoms with E-state index >= 15 is 0 Å². The zero-order valence-corrected chi connectivity index (χ0v) is 11.9. The van der Waals surface area contributed by atoms with Crippen LogP contribution >= 0.6 is 15.9 Å². The van der Waals surface area contributed by atoms with Crippen LogP contribution in [-0.4, -0.2) is 51.8 Å². The minimum absolute atomic E-state index is 0.0363. The van der Waals surface area contributed by atoms with Crippen LogP contribution in [0, 0.1) is 0 Å². The first kappa shape index (κ1) is 12.8. The van der Waals surface area contributed by atoms with Crippen LogP contribution in [0.15, 0.2) is 0 Å². The van der Waals surface area contributed by atoms with E-state index in [0.717, 1.165) is 12.8 Å². The highest BCUT2D eigenvalue weighted by molar-refractivity contribution is 9.09. The van der Waals surface area contributed by atoms with E-state index in [1.54, 1.807) is 11.8 Å². The summed E-state index contributed by atoms with van der Waals surface area (Å²) in [4.78, 5) is 31.5. The van der Waals surface area contributed by atoms with Crippen molar-refractivity contribution in [3.63, 3.8) is 0 Å². The average molecular weight is 305 g/mol. The van der Waals surface area contributed by atoms with Crippen molar-refractivity contribution in [2.45, 2.75) is 43.1 Å². The molecule has 96 valence electrons. The first-order valence-corrected chi connectivity index (χ1v) is 6.69. The van der Waals surface area contributed by atoms with Crippen molar-refractivity contribution in [3.05, 3.63) is 0 Å². The van der Waals surface area contributed by atoms with Gasteiger partial charge < -0.3 is 4.90 Å². The van der Waals surface area contributed by atoms with Crippen molar-refractivity contribution in [2.75, 3.05) is 13.7 Å². The van der Waals surface area contributed by atoms with E-state index in [4.69, 9.17) is 4.84 Å². The number of hydroxylamine groups is 2. The molecule has 0 aromatic rings. The summed E-state index contributed by atoms with van der Waals surface area (Å²) in [5.74, 6) is -0.149. The number of alkyl halides is 1. The molecule has 0 aliphatic carbocycles. The van der Waals surface area contributed by atoms with Gasteiger partial charge in [-0.1, -0.05) is 15.9 Å². The number of amides is 2. The fourth-order valence-electron chi connectivity index (χ4n) is 2.62. The number of rotatable bonds is 2. The zero-order valence-electron chi connectivity index (χ0n) is 10.3. The molecule has 17 heavy (non-hydrogen) atoms. The topological polar surface area (TPSA) is 49.9 Å². The average Bonchev–Trinajstić information content (AvgIpc) is 2.75. The molecule has 0 bridgehead atoms. The van der Waals surface area contributed by atoms with Gasteiger partial charge in [-0.15, -0.1) is 0 Å². The first-order chi connectivity index (χ1) is 7.94. The summed E-state index contributed by atoms with van der Waals surface area (Å²) in [6.45, 7) is 4.26. The van der Waals surface area contributed by atoms with Crippen LogP contribution in [0.25, 0.3) is 0 Å². The maximum Gasteiger partial charge on any atom is 0.269 e. The fraction of sp³-hybridized carbons (Fsp3) is 0.818. The molecule has 0 aromatic carbocycles. The number of halogens is 1. The number of nitrogens with zero attached hydrogens (tertiary/aromatic N) is 2. The lowest BCUT2D eigenvalue weighted by Gasteiger charge is -2.48. The minimum atomic E-state index is -0.966. The molecule has 0 radical (unpaired) electrons. The smallest absolute Gasteiger partial charge is 0.269 e. The first-order valence-electron chi connectivity index (χ1n) is 5.78. The van der Waals surface area contributed by atoms with Crippen molar-refractivity contribution in [1.82, 2.24) is 9.96 Å². The summed E-state index contributed by atoms with van der Waals surface area (Å²) in [5, 5.41) is 1.24. The van der Waals surface area contributed by atoms with Crippen LogP contribution in [0.1, 0.15) is 26.7 Å². The van der Waals surface area contributed by atoms with E-state index < -0.39 is 5.54 Å². The quantitative estimate of drug-likeness (QED) is 0.713. The summed E-state index contributed by atoms with van der Waals surface area (Å²) in [6.07, 6.45) is 1.61. The van der Waals surface area contributed by atoms with Gasteiger partial charge in [-0.25, -0.2) is 5.06 Å². The van der Waals surface area contributed by atoms with Gasteiger partial charge in [0.25, 0.3) is 11.8 Å². The molecule has 0 spiro atoms. The molecular formula is C11H17BrN2O3. The highest BCUT2D eigenvalue weighted by Crippen LogP contribution is 2.36. The summed E-state index contributed by atoms with van der Waals surface area (Å²) in [7, 11) is 1.43. The van der Waals surface area contributed by atoms with Gasteiger partial charge in [-0.2, -0.15) is 0 Å². The van der Waals surface area contributed by atoms with Gasteiger partial charge in [0.1, 0.15) is 6.04 Å². The van der Waals surface area contributed by atoms with Crippen molar-refractivity contribution in [1.29, 1.82) is 0 Å². The molecule has 0 saturated carbocycles. The molecule has 2 aliphatic heterocycles. The van der Waals surface area contributed by atoms with Gasteiger partial charge >= 0.3 is 0 Å². The Morgan fingerprint density at radius 2 is 2.18 bits per heavy atom. The summed E-state index contributed by atoms with van der Waals surface area (Å²) in [5.41, 5.74) is -0.966. The number of hydrogen-bond acceptors (Lipinski definition) is 3. The van der Waals surface area contributed by atoms with Crippen LogP contribution in [0.5, 0.6) is 0 Å². The van der Waals surface area contributed by atoms with Crippen molar-refractivity contribution in [3.8, 4) is 0 Å². The molecule has 0 aromatic heterocycles. The predicted molar refractivity (Wildman–Crippen MR) is 65.4 cm³/mol. The lowest BCUT2D eigenvalue weighted by molar-refractivity contribution is -0.225. The van der Waals surface area contributed by atoms with Crippen molar-refractivity contribution in [2.24, 2.45) is 0 Å². The van der Waals surface area contributed by atoms with Crippen LogP contribution in [0.3, 0.4) is 0 Å². The van der Waals surface area contributed by atoms with Crippen LogP contribution in [0.4, 0.5) is 0 Å². The van der Waals surface area contributed by atoms with Crippen molar-refractivity contribution >= 4 is 27.7 Å². The largest absolute Gasteiger partial charge is 0.328 e. The Morgan fingerprint density at radius 3 is 2.71 bits per heavy atom. The highest BCUT2D eigenvalue weighted by atomic mass is 79.9. The number of hydrogen-bond donors (Lipinski definition) is 0. The van der Waals surface area contributed by atoms with Gasteiger partial charge in [-0.05, 0) is 26.7 Å². The molecule has 2 unspecified atom stereocenters. The zero-order chi connectivity index (χ0) is 12.8. The lowest BCUT2D eigenvalue weighted by atomic mass is 9.92. The van der Waals surface area contributed by atoms with E-state index in [1.807, 2.05) is 6.92 Å². The normalized spacial score (nSPS) is 35.2. The predicted octanol–water partition coefficient (Wildman–Crippen LogP) is 0.923. The molecule has 2 aliphatic rings. The lowest BCUT2D eigenvalue weighted by Crippen LogP contribution is -2.71. The number of piperazine rings is 1. The molecule has 2 amide bonds. The van der Waals surface area contributed by atoms with E-state index in [-0.39, 0.29) is 22.7 Å². The molecule has 0 N–H and O–H groups in total. The second-order valence-electron chi connectivity index (χ2n) is 4.74. The molecule has 2 saturated heterocycles. The Bertz CT molecular complexity index is 361. The summed E-state index contributed by atoms with van der Waals surface area (Å²) in [6, 6.07) is -0.332. The molecular weight excluding hydrogens is 288 g/mol. The van der Waals surface area contributed by atoms with Crippen molar-refractivity contribution < 1.29 is 14.4 Å². The second kappa shape index (κ2) is 4.24. The third-order valence-corrected chi connectivity index (χ3v) is 4.70. The Kier molecular flexibility index (Phi) is 3.20. The third-order valence-electron chi connectivity index (χ3n) is 3.81. The van der Waals surface area contributed by atoms with E-state index in [2.05, 4.69) is 15.9 Å². The Hall–Kier alpha value is -0.620. The molecule has 2 heterocycles. The molecule has 5 nitrogen and oxygen atoms in total. The molecule has 6 heteroatoms. The van der Waals surface area contributed by atoms with E-state index in [0.29, 0.717) is 6.54 Å². The SMILES string of the molecule is CON1C(=O)[C@@H]2CCCN2C(=O)C1(C)C(C)Br. The van der Waals surface area contributed by atoms with E-state index in [1.165, 1.54) is 12.2 Å². The highest BCUT2D eigenvalue weighted by Gasteiger charge is 2.57. The molecule has 3 atom stereocenters. The number of fused-ring (bicyclic) bond motifs is 1. The molecule has 2 fully saturated rings. The maximum absolute atomic E-state index is 12.5. The van der Waals surface area contributed by atoms with Crippen LogP contribution in [-0.2, 0) is 14.4 Å². The minimum Gasteiger partial charge on any atom is -0.328 e. The maximum atomic E-state index is 12.5. The van der Waals surface area contributed by atoms with Gasteiger partial charge in [0.05, 0.1) is 7.11 Å². The van der Waals surface area contributed by atoms with Gasteiger partial charge in [-0.3, -0.25) is 14.4 Å². The fourth-order valence-corrected chi connectivity index (χ4v) is 3.00. The van der Waals surface area contributed by atoms with Gasteiger partial charge in [0, 0.05) is 11.4 Å². The monoisotopic (exact) mass is 304 g/mol. The van der Waals surface area contributed by atoms with Crippen LogP contribution in [0.2, 0.25) is 0 Å². The Balaban J connectivity index is 2.44. The molecule has 2 rings (SSSR count). The number of carbonyl (C=O) groups excluding carboxylic acids is 2. The Morgan fingerprint density at radius 1 is 1.53 bits per heavy atom. The standard InChI is InChI=1S/C11H17BrN2O3/c1-7(12)11(2)10(16)13-6-4-5-8(13)9(15)14(11)17-3/h7-8H,4-6H2,1-3H3/t7?,8-,11?/m0/s1. The van der Waals surface area contributed by atoms with Gasteiger partial charge in [0.15, 0.2) is 5.54 Å². The third kappa shape index (κ3) is 1.61. The summed E-state index contributed by atoms with van der Waals surface area (Å²) < 4.78 is 0. The van der Waals surface area contributed by atoms with Gasteiger partial charge in [0.2, 0.25) is 0 Å². The summed E-state index contributed by atoms with van der Waals surface area (Å²) >= 11 is 3.42. The number of carbonyl (C=O) groups is 2. The van der Waals surface area contributed by atoms with Crippen LogP contribution < -0.4 is 0 Å². The van der Waals surface area contributed by atoms with E-state index in [9.17, 15) is 9.59 Å². The second-order valence-corrected chi connectivity index (χ2v) is 6.11.